The Morgan fingerprint density at radius 1 is 1.24 bits per heavy atom. The van der Waals surface area contributed by atoms with Crippen molar-refractivity contribution in [3.63, 3.8) is 0 Å². The molecule has 7 nitrogen and oxygen atoms in total. The van der Waals surface area contributed by atoms with Crippen LogP contribution in [0.1, 0.15) is 23.2 Å². The lowest BCUT2D eigenvalue weighted by Crippen LogP contribution is -2.30. The summed E-state index contributed by atoms with van der Waals surface area (Å²) in [4.78, 5) is 23.1. The molecule has 1 saturated carbocycles. The van der Waals surface area contributed by atoms with Crippen LogP contribution in [0.15, 0.2) is 12.1 Å². The van der Waals surface area contributed by atoms with Crippen molar-refractivity contribution in [3.05, 3.63) is 17.7 Å². The highest BCUT2D eigenvalue weighted by atomic mass is 16.5. The van der Waals surface area contributed by atoms with Crippen LogP contribution in [0.5, 0.6) is 11.5 Å². The molecule has 0 saturated heterocycles. The van der Waals surface area contributed by atoms with Crippen molar-refractivity contribution in [2.24, 2.45) is 0 Å². The SMILES string of the molecule is COc1cc(NC(=O)CNC2CC2)c(C(=O)O)cc1OC. The van der Waals surface area contributed by atoms with Crippen LogP contribution < -0.4 is 20.1 Å². The minimum atomic E-state index is -1.15. The lowest BCUT2D eigenvalue weighted by molar-refractivity contribution is -0.115. The number of carboxylic acid groups (broad SMARTS) is 1. The van der Waals surface area contributed by atoms with E-state index in [1.54, 1.807) is 0 Å². The Morgan fingerprint density at radius 3 is 2.38 bits per heavy atom. The van der Waals surface area contributed by atoms with Crippen LogP contribution in [-0.2, 0) is 4.79 Å². The highest BCUT2D eigenvalue weighted by Gasteiger charge is 2.22. The molecule has 1 amide bonds. The molecular weight excluding hydrogens is 276 g/mol. The van der Waals surface area contributed by atoms with Crippen molar-refractivity contribution < 1.29 is 24.2 Å². The average Bonchev–Trinajstić information content (AvgIpc) is 3.28. The molecule has 1 fully saturated rings. The highest BCUT2D eigenvalue weighted by Crippen LogP contribution is 2.33. The van der Waals surface area contributed by atoms with Crippen LogP contribution in [0.25, 0.3) is 0 Å². The summed E-state index contributed by atoms with van der Waals surface area (Å²) in [7, 11) is 2.86. The first-order valence-corrected chi connectivity index (χ1v) is 6.57. The summed E-state index contributed by atoms with van der Waals surface area (Å²) in [5.74, 6) is -0.796. The molecule has 0 atom stereocenters. The fourth-order valence-electron chi connectivity index (χ4n) is 1.88. The Morgan fingerprint density at radius 2 is 1.86 bits per heavy atom. The number of amides is 1. The summed E-state index contributed by atoms with van der Waals surface area (Å²) >= 11 is 0. The van der Waals surface area contributed by atoms with Gasteiger partial charge in [-0.2, -0.15) is 0 Å². The molecule has 0 unspecified atom stereocenters. The monoisotopic (exact) mass is 294 g/mol. The predicted molar refractivity (Wildman–Crippen MR) is 76.2 cm³/mol. The molecule has 3 N–H and O–H groups in total. The minimum absolute atomic E-state index is 0.0487. The largest absolute Gasteiger partial charge is 0.493 e. The molecule has 21 heavy (non-hydrogen) atoms. The highest BCUT2D eigenvalue weighted by molar-refractivity contribution is 6.02. The van der Waals surface area contributed by atoms with Crippen LogP contribution in [0, 0.1) is 0 Å². The fourth-order valence-corrected chi connectivity index (χ4v) is 1.88. The van der Waals surface area contributed by atoms with E-state index in [1.165, 1.54) is 26.4 Å². The Kier molecular flexibility index (Phi) is 4.64. The zero-order chi connectivity index (χ0) is 15.4. The second kappa shape index (κ2) is 6.45. The minimum Gasteiger partial charge on any atom is -0.493 e. The van der Waals surface area contributed by atoms with Crippen molar-refractivity contribution in [3.8, 4) is 11.5 Å². The van der Waals surface area contributed by atoms with Gasteiger partial charge in [-0.05, 0) is 12.8 Å². The first-order chi connectivity index (χ1) is 10.0. The maximum Gasteiger partial charge on any atom is 0.337 e. The van der Waals surface area contributed by atoms with E-state index >= 15 is 0 Å². The van der Waals surface area contributed by atoms with Crippen LogP contribution in [0.2, 0.25) is 0 Å². The van der Waals surface area contributed by atoms with E-state index in [0.717, 1.165) is 12.8 Å². The van der Waals surface area contributed by atoms with Crippen molar-refractivity contribution in [2.75, 3.05) is 26.1 Å². The molecule has 114 valence electrons. The molecule has 2 rings (SSSR count). The summed E-state index contributed by atoms with van der Waals surface area (Å²) < 4.78 is 10.2. The van der Waals surface area contributed by atoms with Gasteiger partial charge in [-0.1, -0.05) is 0 Å². The van der Waals surface area contributed by atoms with Crippen LogP contribution in [0.4, 0.5) is 5.69 Å². The van der Waals surface area contributed by atoms with E-state index in [9.17, 15) is 14.7 Å². The lowest BCUT2D eigenvalue weighted by Gasteiger charge is -2.13. The van der Waals surface area contributed by atoms with Gasteiger partial charge >= 0.3 is 5.97 Å². The van der Waals surface area contributed by atoms with Gasteiger partial charge in [-0.3, -0.25) is 4.79 Å². The van der Waals surface area contributed by atoms with Gasteiger partial charge in [0.25, 0.3) is 0 Å². The molecule has 0 spiro atoms. The number of aromatic carboxylic acids is 1. The average molecular weight is 294 g/mol. The van der Waals surface area contributed by atoms with Crippen molar-refractivity contribution >= 4 is 17.6 Å². The zero-order valence-corrected chi connectivity index (χ0v) is 11.9. The zero-order valence-electron chi connectivity index (χ0n) is 11.9. The number of rotatable bonds is 7. The Balaban J connectivity index is 2.18. The topological polar surface area (TPSA) is 96.9 Å². The van der Waals surface area contributed by atoms with E-state index in [0.29, 0.717) is 17.5 Å². The van der Waals surface area contributed by atoms with Gasteiger partial charge in [0.1, 0.15) is 0 Å². The first kappa shape index (κ1) is 15.1. The van der Waals surface area contributed by atoms with Gasteiger partial charge < -0.3 is 25.2 Å². The maximum absolute atomic E-state index is 11.8. The van der Waals surface area contributed by atoms with E-state index in [-0.39, 0.29) is 23.7 Å². The van der Waals surface area contributed by atoms with Gasteiger partial charge in [0, 0.05) is 18.2 Å². The number of nitrogens with one attached hydrogen (secondary N) is 2. The Labute approximate surface area is 122 Å². The van der Waals surface area contributed by atoms with Gasteiger partial charge in [0.15, 0.2) is 11.5 Å². The van der Waals surface area contributed by atoms with Crippen molar-refractivity contribution in [2.45, 2.75) is 18.9 Å². The molecule has 1 aromatic carbocycles. The summed E-state index contributed by atoms with van der Waals surface area (Å²) in [6.07, 6.45) is 2.15. The lowest BCUT2D eigenvalue weighted by atomic mass is 10.1. The van der Waals surface area contributed by atoms with Gasteiger partial charge in [0.2, 0.25) is 5.91 Å². The molecule has 7 heteroatoms. The Bertz CT molecular complexity index is 555. The molecule has 1 aliphatic carbocycles. The second-order valence-corrected chi connectivity index (χ2v) is 4.76. The molecule has 1 aliphatic rings. The number of methoxy groups -OCH3 is 2. The number of carbonyl (C=O) groups is 2. The molecule has 0 heterocycles. The Hall–Kier alpha value is -2.28. The molecule has 1 aromatic rings. The summed E-state index contributed by atoms with van der Waals surface area (Å²) in [6, 6.07) is 3.17. The van der Waals surface area contributed by atoms with E-state index < -0.39 is 5.97 Å². The standard InChI is InChI=1S/C14H18N2O5/c1-20-11-5-9(14(18)19)10(6-12(11)21-2)16-13(17)7-15-8-3-4-8/h5-6,8,15H,3-4,7H2,1-2H3,(H,16,17)(H,18,19). The third-order valence-corrected chi connectivity index (χ3v) is 3.16. The molecule has 0 aromatic heterocycles. The molecular formula is C14H18N2O5. The quantitative estimate of drug-likeness (QED) is 0.696. The number of ether oxygens (including phenoxy) is 2. The van der Waals surface area contributed by atoms with Crippen LogP contribution in [-0.4, -0.2) is 43.8 Å². The predicted octanol–water partition coefficient (Wildman–Crippen LogP) is 1.09. The summed E-state index contributed by atoms with van der Waals surface area (Å²) in [5, 5.41) is 14.9. The first-order valence-electron chi connectivity index (χ1n) is 6.57. The number of carbonyl (C=O) groups excluding carboxylic acids is 1. The van der Waals surface area contributed by atoms with Crippen LogP contribution in [0.3, 0.4) is 0 Å². The number of hydrogen-bond donors (Lipinski definition) is 3. The third kappa shape index (κ3) is 3.85. The smallest absolute Gasteiger partial charge is 0.337 e. The van der Waals surface area contributed by atoms with Gasteiger partial charge in [-0.25, -0.2) is 4.79 Å². The number of hydrogen-bond acceptors (Lipinski definition) is 5. The fraction of sp³-hybridized carbons (Fsp3) is 0.429. The van der Waals surface area contributed by atoms with E-state index in [1.807, 2.05) is 0 Å². The van der Waals surface area contributed by atoms with E-state index in [4.69, 9.17) is 9.47 Å². The third-order valence-electron chi connectivity index (χ3n) is 3.16. The molecule has 0 radical (unpaired) electrons. The number of carboxylic acids is 1. The van der Waals surface area contributed by atoms with Crippen molar-refractivity contribution in [1.82, 2.24) is 5.32 Å². The van der Waals surface area contributed by atoms with Gasteiger partial charge in [-0.15, -0.1) is 0 Å². The number of anilines is 1. The van der Waals surface area contributed by atoms with E-state index in [2.05, 4.69) is 10.6 Å². The maximum atomic E-state index is 11.8. The second-order valence-electron chi connectivity index (χ2n) is 4.76. The van der Waals surface area contributed by atoms with Crippen molar-refractivity contribution in [1.29, 1.82) is 0 Å². The summed E-state index contributed by atoms with van der Waals surface area (Å²) in [5.41, 5.74) is 0.134. The number of benzene rings is 1. The molecule has 0 bridgehead atoms. The normalized spacial score (nSPS) is 13.6. The van der Waals surface area contributed by atoms with Gasteiger partial charge in [0.05, 0.1) is 32.0 Å². The summed E-state index contributed by atoms with van der Waals surface area (Å²) in [6.45, 7) is 0.151. The molecule has 0 aliphatic heterocycles. The van der Waals surface area contributed by atoms with Crippen LogP contribution >= 0.6 is 0 Å².